The summed E-state index contributed by atoms with van der Waals surface area (Å²) >= 11 is 1.82. The maximum Gasteiger partial charge on any atom is 0.342 e. The molecule has 0 amide bonds. The molecule has 3 atom stereocenters. The summed E-state index contributed by atoms with van der Waals surface area (Å²) < 4.78 is 31.5. The third-order valence-electron chi connectivity index (χ3n) is 7.95. The van der Waals surface area contributed by atoms with E-state index in [1.807, 2.05) is 11.8 Å². The van der Waals surface area contributed by atoms with Crippen LogP contribution in [0.25, 0.3) is 0 Å². The van der Waals surface area contributed by atoms with Gasteiger partial charge < -0.3 is 23.1 Å². The summed E-state index contributed by atoms with van der Waals surface area (Å²) in [5.41, 5.74) is 2.11. The van der Waals surface area contributed by atoms with Gasteiger partial charge in [-0.2, -0.15) is 0 Å². The third-order valence-corrected chi connectivity index (χ3v) is 30.1. The standard InChI is InChI=1S/C26H44O6SSi2/c1-16(2)34(17(3)4)30-14-24-25(32-35(34,18(5)6)19(7)8)23(15-33-24)31-26(27)21-12-11-20(28-9)13-22(21)29-10/h11-13,16-19,23-25H,14-15H2,1-10H3/t23-,24+,25-/m0/s1. The third kappa shape index (κ3) is 4.83. The minimum absolute atomic E-state index is 0.156. The minimum atomic E-state index is -2.41. The molecule has 2 saturated heterocycles. The number of carbonyl (C=O) groups is 1. The minimum Gasteiger partial charge on any atom is -0.497 e. The van der Waals surface area contributed by atoms with Crippen molar-refractivity contribution in [3.63, 3.8) is 0 Å². The number of esters is 1. The summed E-state index contributed by atoms with van der Waals surface area (Å²) in [4.78, 5) is 13.3. The van der Waals surface area contributed by atoms with Gasteiger partial charge in [-0.25, -0.2) is 4.79 Å². The highest BCUT2D eigenvalue weighted by atomic mass is 32.2. The number of benzene rings is 1. The topological polar surface area (TPSA) is 63.2 Å². The van der Waals surface area contributed by atoms with E-state index < -0.39 is 15.7 Å². The molecule has 0 unspecified atom stereocenters. The number of ether oxygens (including phenoxy) is 3. The van der Waals surface area contributed by atoms with Gasteiger partial charge in [0.1, 0.15) is 23.2 Å². The van der Waals surface area contributed by atoms with Gasteiger partial charge in [0.05, 0.1) is 25.6 Å². The Morgan fingerprint density at radius 2 is 1.54 bits per heavy atom. The molecule has 198 valence electrons. The summed E-state index contributed by atoms with van der Waals surface area (Å²) in [6.07, 6.45) is -0.474. The molecule has 0 N–H and O–H groups in total. The first-order valence-electron chi connectivity index (χ1n) is 12.8. The van der Waals surface area contributed by atoms with Crippen LogP contribution in [-0.2, 0) is 13.6 Å². The van der Waals surface area contributed by atoms with Gasteiger partial charge in [-0.15, -0.1) is 11.8 Å². The lowest BCUT2D eigenvalue weighted by atomic mass is 10.1. The zero-order chi connectivity index (χ0) is 26.1. The van der Waals surface area contributed by atoms with Crippen molar-refractivity contribution in [3.05, 3.63) is 23.8 Å². The average Bonchev–Trinajstić information content (AvgIpc) is 3.08. The quantitative estimate of drug-likeness (QED) is 0.280. The van der Waals surface area contributed by atoms with Crippen LogP contribution in [0.5, 0.6) is 11.5 Å². The Kier molecular flexibility index (Phi) is 9.11. The highest BCUT2D eigenvalue weighted by molar-refractivity contribution is 8.00. The number of carbonyl (C=O) groups excluding carboxylic acids is 1. The molecule has 9 heteroatoms. The fourth-order valence-electron chi connectivity index (χ4n) is 6.61. The number of fused-ring (bicyclic) bond motifs is 1. The number of thioether (sulfide) groups is 1. The molecule has 6 nitrogen and oxygen atoms in total. The SMILES string of the molecule is COc1ccc(C(=O)O[C@H]2CS[C@@H]3CO[Si](C(C)C)(C(C)C)[Si](C(C)C)(C(C)C)O[C@@H]23)c(OC)c1. The van der Waals surface area contributed by atoms with E-state index in [2.05, 4.69) is 55.4 Å². The number of methoxy groups -OCH3 is 2. The second-order valence-electron chi connectivity index (χ2n) is 11.0. The van der Waals surface area contributed by atoms with E-state index >= 15 is 0 Å². The molecule has 0 bridgehead atoms. The first kappa shape index (κ1) is 28.6. The zero-order valence-corrected chi connectivity index (χ0v) is 25.9. The smallest absolute Gasteiger partial charge is 0.342 e. The lowest BCUT2D eigenvalue weighted by molar-refractivity contribution is -0.000173. The van der Waals surface area contributed by atoms with Crippen molar-refractivity contribution in [1.29, 1.82) is 0 Å². The molecule has 0 saturated carbocycles. The van der Waals surface area contributed by atoms with E-state index in [1.54, 1.807) is 32.4 Å². The summed E-state index contributed by atoms with van der Waals surface area (Å²) in [5.74, 6) is 1.40. The lowest BCUT2D eigenvalue weighted by Crippen LogP contribution is -2.73. The van der Waals surface area contributed by atoms with Crippen molar-refractivity contribution in [2.75, 3.05) is 26.6 Å². The van der Waals surface area contributed by atoms with E-state index in [9.17, 15) is 4.79 Å². The summed E-state index contributed by atoms with van der Waals surface area (Å²) in [5, 5.41) is 0.168. The summed E-state index contributed by atoms with van der Waals surface area (Å²) in [7, 11) is -1.56. The van der Waals surface area contributed by atoms with Crippen LogP contribution >= 0.6 is 11.8 Å². The molecule has 1 aromatic rings. The van der Waals surface area contributed by atoms with Crippen molar-refractivity contribution < 1.29 is 27.9 Å². The number of hydrogen-bond acceptors (Lipinski definition) is 7. The van der Waals surface area contributed by atoms with Crippen molar-refractivity contribution in [2.24, 2.45) is 0 Å². The summed E-state index contributed by atoms with van der Waals surface area (Å²) in [6.45, 7) is 19.3. The van der Waals surface area contributed by atoms with Gasteiger partial charge in [0, 0.05) is 18.4 Å². The number of hydrogen-bond donors (Lipinski definition) is 0. The molecule has 3 rings (SSSR count). The van der Waals surface area contributed by atoms with Gasteiger partial charge in [0.25, 0.3) is 0 Å². The van der Waals surface area contributed by atoms with E-state index in [-0.39, 0.29) is 23.4 Å². The van der Waals surface area contributed by atoms with Crippen LogP contribution in [0.1, 0.15) is 65.7 Å². The van der Waals surface area contributed by atoms with Crippen molar-refractivity contribution in [1.82, 2.24) is 0 Å². The Morgan fingerprint density at radius 1 is 0.943 bits per heavy atom. The van der Waals surface area contributed by atoms with Crippen molar-refractivity contribution >= 4 is 33.4 Å². The van der Waals surface area contributed by atoms with Gasteiger partial charge in [-0.3, -0.25) is 0 Å². The average molecular weight is 541 g/mol. The Labute approximate surface area is 217 Å². The molecule has 0 spiro atoms. The maximum atomic E-state index is 13.3. The van der Waals surface area contributed by atoms with Gasteiger partial charge in [-0.1, -0.05) is 55.4 Å². The predicted octanol–water partition coefficient (Wildman–Crippen LogP) is 6.37. The number of rotatable bonds is 8. The molecule has 1 aromatic carbocycles. The predicted molar refractivity (Wildman–Crippen MR) is 148 cm³/mol. The lowest BCUT2D eigenvalue weighted by Gasteiger charge is -2.54. The Hall–Kier alpha value is -1.01. The maximum absolute atomic E-state index is 13.3. The van der Waals surface area contributed by atoms with Gasteiger partial charge in [0.15, 0.2) is 0 Å². The first-order chi connectivity index (χ1) is 16.5. The molecular formula is C26H44O6SSi2. The molecular weight excluding hydrogens is 497 g/mol. The van der Waals surface area contributed by atoms with Crippen LogP contribution < -0.4 is 9.47 Å². The molecule has 2 aliphatic heterocycles. The fourth-order valence-corrected chi connectivity index (χ4v) is 29.9. The highest BCUT2D eigenvalue weighted by Crippen LogP contribution is 2.54. The second kappa shape index (κ2) is 11.2. The van der Waals surface area contributed by atoms with Crippen LogP contribution in [0, 0.1) is 0 Å². The van der Waals surface area contributed by atoms with E-state index in [4.69, 9.17) is 23.1 Å². The highest BCUT2D eigenvalue weighted by Gasteiger charge is 2.69. The first-order valence-corrected chi connectivity index (χ1v) is 19.0. The zero-order valence-electron chi connectivity index (χ0n) is 23.0. The van der Waals surface area contributed by atoms with Crippen LogP contribution in [0.4, 0.5) is 0 Å². The van der Waals surface area contributed by atoms with Gasteiger partial charge in [0.2, 0.25) is 15.7 Å². The van der Waals surface area contributed by atoms with Gasteiger partial charge >= 0.3 is 5.97 Å². The van der Waals surface area contributed by atoms with E-state index in [1.165, 1.54) is 0 Å². The van der Waals surface area contributed by atoms with Crippen LogP contribution in [-0.4, -0.2) is 65.7 Å². The Balaban J connectivity index is 1.98. The molecule has 2 fully saturated rings. The second-order valence-corrected chi connectivity index (χ2v) is 25.3. The van der Waals surface area contributed by atoms with Crippen LogP contribution in [0.15, 0.2) is 18.2 Å². The molecule has 2 heterocycles. The van der Waals surface area contributed by atoms with Gasteiger partial charge in [-0.05, 0) is 34.3 Å². The Morgan fingerprint density at radius 3 is 2.06 bits per heavy atom. The fraction of sp³-hybridized carbons (Fsp3) is 0.731. The molecule has 2 aliphatic rings. The van der Waals surface area contributed by atoms with Crippen LogP contribution in [0.2, 0.25) is 22.2 Å². The van der Waals surface area contributed by atoms with Crippen LogP contribution in [0.3, 0.4) is 0 Å². The van der Waals surface area contributed by atoms with Crippen molar-refractivity contribution in [3.8, 4) is 11.5 Å². The molecule has 0 radical (unpaired) electrons. The largest absolute Gasteiger partial charge is 0.497 e. The van der Waals surface area contributed by atoms with E-state index in [0.29, 0.717) is 51.6 Å². The van der Waals surface area contributed by atoms with Crippen molar-refractivity contribution in [2.45, 2.75) is 95.0 Å². The van der Waals surface area contributed by atoms with E-state index in [0.717, 1.165) is 0 Å². The molecule has 0 aliphatic carbocycles. The normalized spacial score (nSPS) is 25.6. The monoisotopic (exact) mass is 540 g/mol. The summed E-state index contributed by atoms with van der Waals surface area (Å²) in [6, 6.07) is 5.16. The molecule has 35 heavy (non-hydrogen) atoms. The Bertz CT molecular complexity index is 875. The molecule has 0 aromatic heterocycles.